The normalized spacial score (nSPS) is 11.2. The number of rotatable bonds is 22. The van der Waals surface area contributed by atoms with Gasteiger partial charge >= 0.3 is 0 Å². The first-order chi connectivity index (χ1) is 12.8. The Balaban J connectivity index is 3.07. The van der Waals surface area contributed by atoms with E-state index < -0.39 is 0 Å². The standard InChI is InChI=1S/C23H48N2O/c1-2-3-4-5-6-7-8-9-10-11-12-13-14-15-16-17-18-23(26)19-21-25-22-20-24/h25H,2-22,24H2,1H3. The molecule has 0 saturated heterocycles. The van der Waals surface area contributed by atoms with E-state index in [2.05, 4.69) is 12.2 Å². The largest absolute Gasteiger partial charge is 0.329 e. The molecule has 0 aromatic heterocycles. The van der Waals surface area contributed by atoms with Crippen molar-refractivity contribution in [2.45, 2.75) is 122 Å². The second-order valence-electron chi connectivity index (χ2n) is 7.88. The van der Waals surface area contributed by atoms with Crippen molar-refractivity contribution >= 4 is 5.78 Å². The van der Waals surface area contributed by atoms with Crippen molar-refractivity contribution in [1.82, 2.24) is 5.32 Å². The number of nitrogens with one attached hydrogen (secondary N) is 1. The summed E-state index contributed by atoms with van der Waals surface area (Å²) in [5.74, 6) is 0.403. The lowest BCUT2D eigenvalue weighted by Crippen LogP contribution is -2.24. The van der Waals surface area contributed by atoms with E-state index >= 15 is 0 Å². The van der Waals surface area contributed by atoms with E-state index in [4.69, 9.17) is 5.73 Å². The molecule has 156 valence electrons. The maximum atomic E-state index is 11.7. The van der Waals surface area contributed by atoms with Crippen LogP contribution in [0.5, 0.6) is 0 Å². The Hall–Kier alpha value is -0.410. The van der Waals surface area contributed by atoms with Crippen LogP contribution in [-0.2, 0) is 4.79 Å². The van der Waals surface area contributed by atoms with E-state index in [0.717, 1.165) is 25.9 Å². The molecule has 0 aromatic rings. The van der Waals surface area contributed by atoms with Gasteiger partial charge in [-0.2, -0.15) is 0 Å². The molecule has 0 heterocycles. The molecule has 3 heteroatoms. The van der Waals surface area contributed by atoms with Crippen molar-refractivity contribution in [3.05, 3.63) is 0 Å². The number of nitrogens with two attached hydrogens (primary N) is 1. The van der Waals surface area contributed by atoms with Crippen molar-refractivity contribution in [2.24, 2.45) is 5.73 Å². The number of Topliss-reactive ketones (excluding diaryl/α,β-unsaturated/α-hetero) is 1. The van der Waals surface area contributed by atoms with Crippen LogP contribution in [-0.4, -0.2) is 25.4 Å². The summed E-state index contributed by atoms with van der Waals surface area (Å²) in [4.78, 5) is 11.7. The molecule has 3 nitrogen and oxygen atoms in total. The van der Waals surface area contributed by atoms with E-state index in [1.54, 1.807) is 0 Å². The molecular formula is C23H48N2O. The molecule has 0 aliphatic rings. The van der Waals surface area contributed by atoms with E-state index in [0.29, 0.717) is 18.7 Å². The number of carbonyl (C=O) groups is 1. The molecule has 0 aliphatic carbocycles. The number of hydrogen-bond acceptors (Lipinski definition) is 3. The molecule has 0 fully saturated rings. The minimum Gasteiger partial charge on any atom is -0.329 e. The van der Waals surface area contributed by atoms with Gasteiger partial charge in [0.25, 0.3) is 0 Å². The predicted octanol–water partition coefficient (Wildman–Crippen LogP) is 6.15. The van der Waals surface area contributed by atoms with Gasteiger partial charge in [-0.05, 0) is 6.42 Å². The molecule has 0 atom stereocenters. The summed E-state index contributed by atoms with van der Waals surface area (Å²) in [5, 5.41) is 3.18. The molecule has 0 amide bonds. The van der Waals surface area contributed by atoms with Crippen LogP contribution in [0.4, 0.5) is 0 Å². The average Bonchev–Trinajstić information content (AvgIpc) is 2.65. The SMILES string of the molecule is CCCCCCCCCCCCCCCCCCC(=O)CCNCCN. The van der Waals surface area contributed by atoms with Gasteiger partial charge in [0.2, 0.25) is 0 Å². The van der Waals surface area contributed by atoms with Gasteiger partial charge in [0.1, 0.15) is 5.78 Å². The van der Waals surface area contributed by atoms with Crippen molar-refractivity contribution in [1.29, 1.82) is 0 Å². The van der Waals surface area contributed by atoms with Crippen LogP contribution in [0, 0.1) is 0 Å². The topological polar surface area (TPSA) is 55.1 Å². The van der Waals surface area contributed by atoms with Gasteiger partial charge < -0.3 is 11.1 Å². The molecular weight excluding hydrogens is 320 g/mol. The van der Waals surface area contributed by atoms with Crippen LogP contribution >= 0.6 is 0 Å². The van der Waals surface area contributed by atoms with Gasteiger partial charge in [-0.15, -0.1) is 0 Å². The number of unbranched alkanes of at least 4 members (excludes halogenated alkanes) is 15. The van der Waals surface area contributed by atoms with E-state index in [-0.39, 0.29) is 0 Å². The highest BCUT2D eigenvalue weighted by Crippen LogP contribution is 2.14. The van der Waals surface area contributed by atoms with Gasteiger partial charge in [0.15, 0.2) is 0 Å². The van der Waals surface area contributed by atoms with Crippen molar-refractivity contribution in [3.63, 3.8) is 0 Å². The zero-order valence-electron chi connectivity index (χ0n) is 17.8. The molecule has 0 unspecified atom stereocenters. The third-order valence-electron chi connectivity index (χ3n) is 5.21. The average molecular weight is 369 g/mol. The minimum atomic E-state index is 0.403. The Morgan fingerprint density at radius 2 is 1.04 bits per heavy atom. The van der Waals surface area contributed by atoms with Gasteiger partial charge in [-0.25, -0.2) is 0 Å². The third kappa shape index (κ3) is 21.6. The molecule has 0 aliphatic heterocycles. The Morgan fingerprint density at radius 3 is 1.46 bits per heavy atom. The molecule has 0 bridgehead atoms. The van der Waals surface area contributed by atoms with Crippen LogP contribution in [0.2, 0.25) is 0 Å². The highest BCUT2D eigenvalue weighted by atomic mass is 16.1. The smallest absolute Gasteiger partial charge is 0.134 e. The second-order valence-corrected chi connectivity index (χ2v) is 7.88. The maximum absolute atomic E-state index is 11.7. The summed E-state index contributed by atoms with van der Waals surface area (Å²) in [5.41, 5.74) is 5.40. The summed E-state index contributed by atoms with van der Waals surface area (Å²) in [7, 11) is 0. The molecule has 26 heavy (non-hydrogen) atoms. The van der Waals surface area contributed by atoms with Crippen LogP contribution < -0.4 is 11.1 Å². The zero-order chi connectivity index (χ0) is 19.1. The van der Waals surface area contributed by atoms with Crippen molar-refractivity contribution in [3.8, 4) is 0 Å². The summed E-state index contributed by atoms with van der Waals surface area (Å²) in [6, 6.07) is 0. The molecule has 0 spiro atoms. The number of carbonyl (C=O) groups excluding carboxylic acids is 1. The van der Waals surface area contributed by atoms with Crippen LogP contribution in [0.15, 0.2) is 0 Å². The lowest BCUT2D eigenvalue weighted by Gasteiger charge is -2.04. The fourth-order valence-corrected chi connectivity index (χ4v) is 3.45. The summed E-state index contributed by atoms with van der Waals surface area (Å²) in [6.45, 7) is 4.53. The molecule has 0 rings (SSSR count). The van der Waals surface area contributed by atoms with Crippen LogP contribution in [0.1, 0.15) is 122 Å². The fourth-order valence-electron chi connectivity index (χ4n) is 3.45. The Morgan fingerprint density at radius 1 is 0.615 bits per heavy atom. The Labute approximate surface area is 164 Å². The highest BCUT2D eigenvalue weighted by Gasteiger charge is 2.01. The number of ketones is 1. The lowest BCUT2D eigenvalue weighted by atomic mass is 10.0. The first-order valence-corrected chi connectivity index (χ1v) is 11.7. The number of hydrogen-bond donors (Lipinski definition) is 2. The second kappa shape index (κ2) is 22.6. The lowest BCUT2D eigenvalue weighted by molar-refractivity contribution is -0.119. The van der Waals surface area contributed by atoms with Gasteiger partial charge in [-0.1, -0.05) is 103 Å². The summed E-state index contributed by atoms with van der Waals surface area (Å²) in [6.07, 6.45) is 23.5. The Bertz CT molecular complexity index is 281. The predicted molar refractivity (Wildman–Crippen MR) is 116 cm³/mol. The minimum absolute atomic E-state index is 0.403. The molecule has 0 saturated carbocycles. The van der Waals surface area contributed by atoms with Crippen molar-refractivity contribution < 1.29 is 4.79 Å². The first kappa shape index (κ1) is 25.6. The van der Waals surface area contributed by atoms with E-state index in [1.165, 1.54) is 96.3 Å². The Kier molecular flexibility index (Phi) is 22.3. The summed E-state index contributed by atoms with van der Waals surface area (Å²) < 4.78 is 0. The van der Waals surface area contributed by atoms with E-state index in [1.807, 2.05) is 0 Å². The fraction of sp³-hybridized carbons (Fsp3) is 0.957. The maximum Gasteiger partial charge on any atom is 0.134 e. The van der Waals surface area contributed by atoms with Crippen molar-refractivity contribution in [2.75, 3.05) is 19.6 Å². The third-order valence-corrected chi connectivity index (χ3v) is 5.21. The van der Waals surface area contributed by atoms with Gasteiger partial charge in [-0.3, -0.25) is 4.79 Å². The van der Waals surface area contributed by atoms with Gasteiger partial charge in [0.05, 0.1) is 0 Å². The summed E-state index contributed by atoms with van der Waals surface area (Å²) >= 11 is 0. The van der Waals surface area contributed by atoms with E-state index in [9.17, 15) is 4.79 Å². The zero-order valence-corrected chi connectivity index (χ0v) is 17.8. The molecule has 0 aromatic carbocycles. The quantitative estimate of drug-likeness (QED) is 0.225. The first-order valence-electron chi connectivity index (χ1n) is 11.7. The molecule has 0 radical (unpaired) electrons. The molecule has 3 N–H and O–H groups in total. The highest BCUT2D eigenvalue weighted by molar-refractivity contribution is 5.78. The van der Waals surface area contributed by atoms with Crippen LogP contribution in [0.3, 0.4) is 0 Å². The van der Waals surface area contributed by atoms with Crippen LogP contribution in [0.25, 0.3) is 0 Å². The van der Waals surface area contributed by atoms with Gasteiger partial charge in [0, 0.05) is 32.5 Å². The monoisotopic (exact) mass is 368 g/mol.